The van der Waals surface area contributed by atoms with Crippen molar-refractivity contribution in [3.8, 4) is 0 Å². The van der Waals surface area contributed by atoms with Crippen LogP contribution in [0, 0.1) is 0 Å². The minimum Gasteiger partial charge on any atom is -0.297 e. The number of nitrogens with zero attached hydrogens (tertiary/aromatic N) is 1. The van der Waals surface area contributed by atoms with Crippen LogP contribution >= 0.6 is 38.9 Å². The summed E-state index contributed by atoms with van der Waals surface area (Å²) in [6, 6.07) is 8.72. The van der Waals surface area contributed by atoms with Gasteiger partial charge in [-0.05, 0) is 36.2 Å². The molecule has 92 valence electrons. The van der Waals surface area contributed by atoms with E-state index in [0.717, 1.165) is 24.1 Å². The fourth-order valence-electron chi connectivity index (χ4n) is 1.84. The molecule has 0 saturated heterocycles. The number of hydrogen-bond acceptors (Lipinski definition) is 2. The van der Waals surface area contributed by atoms with E-state index in [9.17, 15) is 0 Å². The van der Waals surface area contributed by atoms with E-state index >= 15 is 0 Å². The van der Waals surface area contributed by atoms with Crippen molar-refractivity contribution in [2.45, 2.75) is 13.5 Å². The fourth-order valence-corrected chi connectivity index (χ4v) is 3.54. The standard InChI is InChI=1S/C13H15BrClNS/c1-2-16(6-5-15)9-12-8-10-7-11(14)3-4-13(10)17-12/h3-4,7-8H,2,5-6,9H2,1H3. The molecular weight excluding hydrogens is 318 g/mol. The van der Waals surface area contributed by atoms with Gasteiger partial charge in [0.25, 0.3) is 0 Å². The minimum absolute atomic E-state index is 0.699. The second-order valence-corrected chi connectivity index (χ2v) is 6.41. The van der Waals surface area contributed by atoms with Crippen LogP contribution in [0.3, 0.4) is 0 Å². The topological polar surface area (TPSA) is 3.24 Å². The third-order valence-electron chi connectivity index (χ3n) is 2.76. The van der Waals surface area contributed by atoms with E-state index in [1.807, 2.05) is 11.3 Å². The van der Waals surface area contributed by atoms with Crippen LogP contribution in [0.25, 0.3) is 10.1 Å². The van der Waals surface area contributed by atoms with Crippen molar-refractivity contribution in [1.82, 2.24) is 4.90 Å². The molecular formula is C13H15BrClNS. The van der Waals surface area contributed by atoms with Crippen LogP contribution in [-0.4, -0.2) is 23.9 Å². The Morgan fingerprint density at radius 3 is 2.88 bits per heavy atom. The number of alkyl halides is 1. The summed E-state index contributed by atoms with van der Waals surface area (Å²) in [5.41, 5.74) is 0. The van der Waals surface area contributed by atoms with Crippen LogP contribution in [0.5, 0.6) is 0 Å². The lowest BCUT2D eigenvalue weighted by molar-refractivity contribution is 0.300. The van der Waals surface area contributed by atoms with E-state index in [2.05, 4.69) is 52.0 Å². The van der Waals surface area contributed by atoms with Crippen molar-refractivity contribution in [3.05, 3.63) is 33.6 Å². The first-order chi connectivity index (χ1) is 8.22. The summed E-state index contributed by atoms with van der Waals surface area (Å²) in [5, 5.41) is 1.32. The summed E-state index contributed by atoms with van der Waals surface area (Å²) in [6.07, 6.45) is 0. The molecule has 0 saturated carbocycles. The van der Waals surface area contributed by atoms with E-state index in [1.54, 1.807) is 0 Å². The molecule has 1 aromatic carbocycles. The van der Waals surface area contributed by atoms with E-state index in [4.69, 9.17) is 11.6 Å². The van der Waals surface area contributed by atoms with Gasteiger partial charge in [0.1, 0.15) is 0 Å². The molecule has 0 radical (unpaired) electrons. The molecule has 0 spiro atoms. The van der Waals surface area contributed by atoms with E-state index in [-0.39, 0.29) is 0 Å². The molecule has 0 atom stereocenters. The Kier molecular flexibility index (Phi) is 4.86. The maximum atomic E-state index is 5.80. The number of rotatable bonds is 5. The van der Waals surface area contributed by atoms with Crippen molar-refractivity contribution in [2.24, 2.45) is 0 Å². The predicted octanol–water partition coefficient (Wildman–Crippen LogP) is 4.72. The average Bonchev–Trinajstić information content (AvgIpc) is 2.69. The number of benzene rings is 1. The van der Waals surface area contributed by atoms with Crippen molar-refractivity contribution in [1.29, 1.82) is 0 Å². The Balaban J connectivity index is 2.18. The van der Waals surface area contributed by atoms with Crippen LogP contribution in [0.4, 0.5) is 0 Å². The first-order valence-electron chi connectivity index (χ1n) is 5.69. The smallest absolute Gasteiger partial charge is 0.0351 e. The normalized spacial score (nSPS) is 11.5. The first kappa shape index (κ1) is 13.3. The molecule has 2 aromatic rings. The van der Waals surface area contributed by atoms with Gasteiger partial charge >= 0.3 is 0 Å². The molecule has 0 aliphatic rings. The van der Waals surface area contributed by atoms with Crippen molar-refractivity contribution < 1.29 is 0 Å². The number of fused-ring (bicyclic) bond motifs is 1. The highest BCUT2D eigenvalue weighted by atomic mass is 79.9. The van der Waals surface area contributed by atoms with Crippen LogP contribution < -0.4 is 0 Å². The lowest BCUT2D eigenvalue weighted by Gasteiger charge is -2.17. The maximum absolute atomic E-state index is 5.80. The molecule has 1 heterocycles. The molecule has 1 aromatic heterocycles. The van der Waals surface area contributed by atoms with Gasteiger partial charge in [-0.3, -0.25) is 4.90 Å². The Labute approximate surface area is 120 Å². The molecule has 17 heavy (non-hydrogen) atoms. The molecule has 1 nitrogen and oxygen atoms in total. The summed E-state index contributed by atoms with van der Waals surface area (Å²) in [4.78, 5) is 3.78. The van der Waals surface area contributed by atoms with Gasteiger partial charge in [-0.2, -0.15) is 0 Å². The van der Waals surface area contributed by atoms with Crippen LogP contribution in [-0.2, 0) is 6.54 Å². The van der Waals surface area contributed by atoms with Crippen molar-refractivity contribution >= 4 is 49.0 Å². The Hall–Kier alpha value is -0.0900. The van der Waals surface area contributed by atoms with Crippen LogP contribution in [0.15, 0.2) is 28.7 Å². The second kappa shape index (κ2) is 6.19. The van der Waals surface area contributed by atoms with Crippen LogP contribution in [0.2, 0.25) is 0 Å². The highest BCUT2D eigenvalue weighted by Crippen LogP contribution is 2.28. The molecule has 0 aliphatic heterocycles. The van der Waals surface area contributed by atoms with Crippen molar-refractivity contribution in [2.75, 3.05) is 19.0 Å². The lowest BCUT2D eigenvalue weighted by atomic mass is 10.2. The third-order valence-corrected chi connectivity index (χ3v) is 4.52. The number of halogens is 2. The molecule has 0 unspecified atom stereocenters. The molecule has 0 amide bonds. The number of thiophene rings is 1. The highest BCUT2D eigenvalue weighted by Gasteiger charge is 2.06. The SMILES string of the molecule is CCN(CCCl)Cc1cc2cc(Br)ccc2s1. The second-order valence-electron chi connectivity index (χ2n) is 3.95. The van der Waals surface area contributed by atoms with Gasteiger partial charge in [0.05, 0.1) is 0 Å². The Morgan fingerprint density at radius 2 is 2.18 bits per heavy atom. The summed E-state index contributed by atoms with van der Waals surface area (Å²) < 4.78 is 2.49. The fraction of sp³-hybridized carbons (Fsp3) is 0.385. The molecule has 0 fully saturated rings. The summed E-state index contributed by atoms with van der Waals surface area (Å²) in [6.45, 7) is 5.18. The Bertz CT molecular complexity index is 497. The zero-order chi connectivity index (χ0) is 12.3. The van der Waals surface area contributed by atoms with E-state index < -0.39 is 0 Å². The van der Waals surface area contributed by atoms with E-state index in [1.165, 1.54) is 15.0 Å². The van der Waals surface area contributed by atoms with Gasteiger partial charge in [-0.15, -0.1) is 22.9 Å². The monoisotopic (exact) mass is 331 g/mol. The quantitative estimate of drug-likeness (QED) is 0.716. The third kappa shape index (κ3) is 3.44. The van der Waals surface area contributed by atoms with Crippen LogP contribution in [0.1, 0.15) is 11.8 Å². The van der Waals surface area contributed by atoms with Gasteiger partial charge < -0.3 is 0 Å². The minimum atomic E-state index is 0.699. The van der Waals surface area contributed by atoms with Gasteiger partial charge in [0, 0.05) is 33.0 Å². The molecule has 2 rings (SSSR count). The van der Waals surface area contributed by atoms with Gasteiger partial charge in [0.2, 0.25) is 0 Å². The number of hydrogen-bond donors (Lipinski definition) is 0. The first-order valence-corrected chi connectivity index (χ1v) is 7.83. The highest BCUT2D eigenvalue weighted by molar-refractivity contribution is 9.10. The summed E-state index contributed by atoms with van der Waals surface area (Å²) in [7, 11) is 0. The van der Waals surface area contributed by atoms with Gasteiger partial charge in [-0.1, -0.05) is 22.9 Å². The zero-order valence-electron chi connectivity index (χ0n) is 9.75. The zero-order valence-corrected chi connectivity index (χ0v) is 12.9. The van der Waals surface area contributed by atoms with E-state index in [0.29, 0.717) is 5.88 Å². The average molecular weight is 333 g/mol. The predicted molar refractivity (Wildman–Crippen MR) is 81.2 cm³/mol. The van der Waals surface area contributed by atoms with Gasteiger partial charge in [-0.25, -0.2) is 0 Å². The maximum Gasteiger partial charge on any atom is 0.0351 e. The molecule has 4 heteroatoms. The molecule has 0 aliphatic carbocycles. The molecule has 0 bridgehead atoms. The lowest BCUT2D eigenvalue weighted by Crippen LogP contribution is -2.24. The Morgan fingerprint density at radius 1 is 1.35 bits per heavy atom. The summed E-state index contributed by atoms with van der Waals surface area (Å²) in [5.74, 6) is 0.699. The summed E-state index contributed by atoms with van der Waals surface area (Å²) >= 11 is 11.2. The largest absolute Gasteiger partial charge is 0.297 e. The van der Waals surface area contributed by atoms with Crippen molar-refractivity contribution in [3.63, 3.8) is 0 Å². The van der Waals surface area contributed by atoms with Gasteiger partial charge in [0.15, 0.2) is 0 Å². The molecule has 0 N–H and O–H groups in total.